The molecule has 3 aromatic rings. The van der Waals surface area contributed by atoms with E-state index in [9.17, 15) is 27.2 Å². The Hall–Kier alpha value is -4.22. The second kappa shape index (κ2) is 14.3. The maximum absolute atomic E-state index is 15.5. The molecule has 2 aliphatic heterocycles. The van der Waals surface area contributed by atoms with Gasteiger partial charge >= 0.3 is 6.18 Å². The van der Waals surface area contributed by atoms with Crippen molar-refractivity contribution in [3.63, 3.8) is 0 Å². The number of nitrogens with zero attached hydrogens (tertiary/aromatic N) is 3. The highest BCUT2D eigenvalue weighted by Crippen LogP contribution is 2.28. The molecule has 252 valence electrons. The lowest BCUT2D eigenvalue weighted by Gasteiger charge is -2.44. The maximum Gasteiger partial charge on any atom is 0.406 e. The molecule has 5 rings (SSSR count). The molecule has 0 spiro atoms. The van der Waals surface area contributed by atoms with Crippen LogP contribution in [0.4, 0.5) is 27.6 Å². The summed E-state index contributed by atoms with van der Waals surface area (Å²) >= 11 is 0. The van der Waals surface area contributed by atoms with Crippen molar-refractivity contribution in [2.75, 3.05) is 45.2 Å². The average Bonchev–Trinajstić information content (AvgIpc) is 3.42. The van der Waals surface area contributed by atoms with Crippen LogP contribution in [0.25, 0.3) is 11.0 Å². The van der Waals surface area contributed by atoms with Gasteiger partial charge < -0.3 is 25.3 Å². The molecule has 0 unspecified atom stereocenters. The van der Waals surface area contributed by atoms with Gasteiger partial charge in [0.25, 0.3) is 11.8 Å². The van der Waals surface area contributed by atoms with E-state index in [1.165, 1.54) is 31.3 Å². The largest absolute Gasteiger partial charge is 0.406 e. The summed E-state index contributed by atoms with van der Waals surface area (Å²) in [7, 11) is 1.39. The molecule has 3 heterocycles. The molecule has 47 heavy (non-hydrogen) atoms. The number of nitrogens with one attached hydrogen (secondary N) is 3. The normalized spacial score (nSPS) is 20.8. The molecule has 0 radical (unpaired) electrons. The highest BCUT2D eigenvalue weighted by Gasteiger charge is 2.39. The Kier molecular flexibility index (Phi) is 10.4. The van der Waals surface area contributed by atoms with Crippen molar-refractivity contribution < 1.29 is 36.3 Å². The fourth-order valence-electron chi connectivity index (χ4n) is 6.25. The summed E-state index contributed by atoms with van der Waals surface area (Å²) < 4.78 is 76.2. The number of carbonyl (C=O) groups is 2. The first-order valence-electron chi connectivity index (χ1n) is 15.4. The summed E-state index contributed by atoms with van der Waals surface area (Å²) in [6.07, 6.45) is -3.24. The van der Waals surface area contributed by atoms with Crippen LogP contribution < -0.4 is 16.0 Å². The molecule has 2 saturated heterocycles. The molecule has 14 heteroatoms. The Morgan fingerprint density at radius 1 is 1.09 bits per heavy atom. The van der Waals surface area contributed by atoms with Crippen molar-refractivity contribution in [3.05, 3.63) is 58.7 Å². The van der Waals surface area contributed by atoms with Crippen molar-refractivity contribution in [2.45, 2.75) is 57.7 Å². The van der Waals surface area contributed by atoms with Crippen LogP contribution in [-0.2, 0) is 11.3 Å². The Morgan fingerprint density at radius 3 is 2.51 bits per heavy atom. The van der Waals surface area contributed by atoms with E-state index >= 15 is 4.39 Å². The van der Waals surface area contributed by atoms with Crippen molar-refractivity contribution in [1.29, 1.82) is 0 Å². The van der Waals surface area contributed by atoms with Gasteiger partial charge in [0.1, 0.15) is 24.1 Å². The molecule has 2 fully saturated rings. The average molecular weight is 661 g/mol. The lowest BCUT2D eigenvalue weighted by Crippen LogP contribution is -2.59. The molecule has 0 aliphatic carbocycles. The molecular formula is C33H37F5N6O3. The van der Waals surface area contributed by atoms with E-state index in [4.69, 9.17) is 4.74 Å². The van der Waals surface area contributed by atoms with Crippen molar-refractivity contribution in [3.8, 4) is 11.8 Å². The minimum absolute atomic E-state index is 0.0171. The first kappa shape index (κ1) is 34.1. The monoisotopic (exact) mass is 660 g/mol. The molecule has 2 aromatic carbocycles. The summed E-state index contributed by atoms with van der Waals surface area (Å²) in [6, 6.07) is 4.84. The quantitative estimate of drug-likeness (QED) is 0.256. The second-order valence-electron chi connectivity index (χ2n) is 12.1. The molecule has 2 amide bonds. The van der Waals surface area contributed by atoms with Crippen molar-refractivity contribution in [2.24, 2.45) is 5.92 Å². The van der Waals surface area contributed by atoms with E-state index in [0.29, 0.717) is 31.0 Å². The smallest absolute Gasteiger partial charge is 0.381 e. The zero-order valence-corrected chi connectivity index (χ0v) is 26.3. The molecule has 3 atom stereocenters. The summed E-state index contributed by atoms with van der Waals surface area (Å²) in [5.74, 6) is 3.58. The summed E-state index contributed by atoms with van der Waals surface area (Å²) in [4.78, 5) is 31.9. The molecule has 0 saturated carbocycles. The Labute approximate surface area is 269 Å². The first-order valence-corrected chi connectivity index (χ1v) is 15.4. The number of imidazole rings is 1. The number of anilines is 1. The predicted octanol–water partition coefficient (Wildman–Crippen LogP) is 4.44. The fraction of sp³-hybridized carbons (Fsp3) is 0.485. The van der Waals surface area contributed by atoms with Gasteiger partial charge in [-0.2, -0.15) is 13.2 Å². The van der Waals surface area contributed by atoms with E-state index in [2.05, 4.69) is 37.7 Å². The predicted molar refractivity (Wildman–Crippen MR) is 166 cm³/mol. The van der Waals surface area contributed by atoms with E-state index in [1.54, 1.807) is 6.92 Å². The van der Waals surface area contributed by atoms with Gasteiger partial charge in [0.05, 0.1) is 35.6 Å². The number of hydrogen-bond donors (Lipinski definition) is 3. The van der Waals surface area contributed by atoms with Crippen LogP contribution in [0.5, 0.6) is 0 Å². The molecule has 2 aliphatic rings. The topological polar surface area (TPSA) is 101 Å². The number of ether oxygens (including phenoxy) is 1. The number of alkyl halides is 4. The zero-order valence-electron chi connectivity index (χ0n) is 26.3. The minimum atomic E-state index is -4.54. The SMILES string of the molecule is CNC(=O)c1cc(NCC#Cc2cc(C(=O)N[C@@H]3[C@@H](C)CN(C4CCOCC4)C[C@@H]3F)c3ncn(CC(F)(F)F)c3c2)c(C)cc1F. The van der Waals surface area contributed by atoms with E-state index < -0.39 is 42.6 Å². The van der Waals surface area contributed by atoms with Crippen LogP contribution in [-0.4, -0.2) is 90.6 Å². The Balaban J connectivity index is 1.38. The third-order valence-electron chi connectivity index (χ3n) is 8.64. The van der Waals surface area contributed by atoms with Gasteiger partial charge in [-0.25, -0.2) is 13.8 Å². The molecule has 1 aromatic heterocycles. The van der Waals surface area contributed by atoms with Crippen molar-refractivity contribution in [1.82, 2.24) is 25.1 Å². The van der Waals surface area contributed by atoms with Crippen LogP contribution in [0.15, 0.2) is 30.6 Å². The van der Waals surface area contributed by atoms with Gasteiger partial charge in [-0.3, -0.25) is 14.5 Å². The summed E-state index contributed by atoms with van der Waals surface area (Å²) in [5, 5.41) is 8.18. The van der Waals surface area contributed by atoms with Crippen LogP contribution in [0.3, 0.4) is 0 Å². The van der Waals surface area contributed by atoms with Gasteiger partial charge in [-0.15, -0.1) is 0 Å². The fourth-order valence-corrected chi connectivity index (χ4v) is 6.25. The van der Waals surface area contributed by atoms with Crippen molar-refractivity contribution >= 4 is 28.5 Å². The van der Waals surface area contributed by atoms with Gasteiger partial charge in [0.15, 0.2) is 0 Å². The second-order valence-corrected chi connectivity index (χ2v) is 12.1. The van der Waals surface area contributed by atoms with Gasteiger partial charge in [-0.1, -0.05) is 18.8 Å². The van der Waals surface area contributed by atoms with Crippen LogP contribution in [0, 0.1) is 30.5 Å². The third-order valence-corrected chi connectivity index (χ3v) is 8.64. The molecular weight excluding hydrogens is 623 g/mol. The molecule has 9 nitrogen and oxygen atoms in total. The van der Waals surface area contributed by atoms with Crippen LogP contribution in [0.1, 0.15) is 51.6 Å². The lowest BCUT2D eigenvalue weighted by molar-refractivity contribution is -0.140. The summed E-state index contributed by atoms with van der Waals surface area (Å²) in [6.45, 7) is 4.24. The number of fused-ring (bicyclic) bond motifs is 1. The van der Waals surface area contributed by atoms with E-state index in [1.807, 2.05) is 6.92 Å². The number of piperidine rings is 1. The number of rotatable bonds is 7. The lowest BCUT2D eigenvalue weighted by atomic mass is 9.89. The Morgan fingerprint density at radius 2 is 1.83 bits per heavy atom. The number of halogens is 5. The minimum Gasteiger partial charge on any atom is -0.381 e. The first-order chi connectivity index (χ1) is 22.3. The highest BCUT2D eigenvalue weighted by molar-refractivity contribution is 6.05. The number of aromatic nitrogens is 2. The standard InChI is InChI=1S/C33H37F5N6O3/c1-19-11-25(34)23(31(45)39-3)14-27(19)40-8-4-5-21-12-24(30-28(13-21)44(18-41-30)17-33(36,37)38)32(46)42-29-20(2)15-43(16-26(29)35)22-6-9-47-10-7-22/h11-14,18,20,22,26,29,40H,6-10,15-17H2,1-3H3,(H,39,45)(H,42,46)/t20-,26-,29+/m0/s1. The van der Waals surface area contributed by atoms with Gasteiger partial charge in [0.2, 0.25) is 0 Å². The number of aryl methyl sites for hydroxylation is 1. The van der Waals surface area contributed by atoms with Gasteiger partial charge in [0, 0.05) is 50.6 Å². The number of hydrogen-bond acceptors (Lipinski definition) is 6. The number of benzene rings is 2. The van der Waals surface area contributed by atoms with Crippen LogP contribution >= 0.6 is 0 Å². The summed E-state index contributed by atoms with van der Waals surface area (Å²) in [5.41, 5.74) is 1.18. The van der Waals surface area contributed by atoms with E-state index in [-0.39, 0.29) is 52.8 Å². The zero-order chi connectivity index (χ0) is 33.9. The van der Waals surface area contributed by atoms with Gasteiger partial charge in [-0.05, 0) is 55.5 Å². The molecule has 0 bridgehead atoms. The number of carbonyl (C=O) groups excluding carboxylic acids is 2. The van der Waals surface area contributed by atoms with Crippen LogP contribution in [0.2, 0.25) is 0 Å². The number of likely N-dealkylation sites (tertiary alicyclic amines) is 1. The Bertz CT molecular complexity index is 1680. The number of amides is 2. The third kappa shape index (κ3) is 8.02. The van der Waals surface area contributed by atoms with E-state index in [0.717, 1.165) is 23.7 Å². The molecule has 3 N–H and O–H groups in total. The maximum atomic E-state index is 15.5. The highest BCUT2D eigenvalue weighted by atomic mass is 19.4.